The Labute approximate surface area is 260 Å². The van der Waals surface area contributed by atoms with Crippen molar-refractivity contribution < 1.29 is 42.1 Å². The Morgan fingerprint density at radius 1 is 1.09 bits per heavy atom. The zero-order chi connectivity index (χ0) is 32.7. The highest BCUT2D eigenvalue weighted by Gasteiger charge is 2.34. The van der Waals surface area contributed by atoms with Crippen LogP contribution >= 0.6 is 0 Å². The second kappa shape index (κ2) is 14.9. The molecule has 2 aromatic carbocycles. The molecule has 3 atom stereocenters. The van der Waals surface area contributed by atoms with Crippen LogP contribution < -0.4 is 15.4 Å². The van der Waals surface area contributed by atoms with Gasteiger partial charge in [0.15, 0.2) is 0 Å². The van der Waals surface area contributed by atoms with Gasteiger partial charge in [-0.05, 0) is 49.4 Å². The molecule has 246 valence electrons. The van der Waals surface area contributed by atoms with E-state index in [1.807, 2.05) is 6.92 Å². The van der Waals surface area contributed by atoms with Crippen molar-refractivity contribution in [2.75, 3.05) is 70.2 Å². The van der Waals surface area contributed by atoms with Crippen LogP contribution in [0.2, 0.25) is 0 Å². The summed E-state index contributed by atoms with van der Waals surface area (Å²) in [4.78, 5) is 44.4. The molecule has 2 aliphatic heterocycles. The number of morpholine rings is 1. The summed E-state index contributed by atoms with van der Waals surface area (Å²) in [5.74, 6) is -0.588. The first-order valence-corrected chi connectivity index (χ1v) is 14.9. The van der Waals surface area contributed by atoms with E-state index < -0.39 is 29.9 Å². The number of rotatable bonds is 9. The van der Waals surface area contributed by atoms with Gasteiger partial charge in [-0.15, -0.1) is 0 Å². The van der Waals surface area contributed by atoms with Gasteiger partial charge < -0.3 is 35.0 Å². The number of aliphatic hydroxyl groups is 1. The van der Waals surface area contributed by atoms with Crippen LogP contribution in [0, 0.1) is 5.92 Å². The number of carbonyl (C=O) groups excluding carboxylic acids is 3. The van der Waals surface area contributed by atoms with Gasteiger partial charge in [-0.25, -0.2) is 4.79 Å². The lowest BCUT2D eigenvalue weighted by Gasteiger charge is -2.38. The predicted octanol–water partition coefficient (Wildman–Crippen LogP) is 3.75. The third-order valence-electron chi connectivity index (χ3n) is 7.97. The lowest BCUT2D eigenvalue weighted by molar-refractivity contribution is -0.137. The minimum absolute atomic E-state index is 0.0860. The van der Waals surface area contributed by atoms with Crippen molar-refractivity contribution in [1.29, 1.82) is 0 Å². The Hall–Kier alpha value is -3.88. The van der Waals surface area contributed by atoms with Crippen LogP contribution in [0.3, 0.4) is 0 Å². The standard InChI is InChI=1S/C31H40F3N5O6/c1-20-17-39(21(2)19-40)29(42)25-16-24(35-28(41)10-11-38-12-14-44-15-13-38)8-9-26(25)45-27(20)18-37(3)30(43)36-23-6-4-22(5-7-23)31(32,33)34/h4-9,16,20-21,27,40H,10-15,17-19H2,1-3H3,(H,35,41)(H,36,43)/t20-,21+,27-/m0/s1. The number of hydrogen-bond acceptors (Lipinski definition) is 7. The first-order chi connectivity index (χ1) is 21.3. The molecule has 0 spiro atoms. The van der Waals surface area contributed by atoms with E-state index in [9.17, 15) is 32.7 Å². The highest BCUT2D eigenvalue weighted by atomic mass is 19.4. The van der Waals surface area contributed by atoms with Gasteiger partial charge in [-0.3, -0.25) is 14.5 Å². The maximum atomic E-state index is 13.7. The number of ether oxygens (including phenoxy) is 2. The van der Waals surface area contributed by atoms with Crippen molar-refractivity contribution in [2.24, 2.45) is 5.92 Å². The second-order valence-corrected chi connectivity index (χ2v) is 11.5. The van der Waals surface area contributed by atoms with Crippen LogP contribution in [-0.2, 0) is 15.7 Å². The Kier molecular flexibility index (Phi) is 11.3. The number of urea groups is 1. The van der Waals surface area contributed by atoms with Gasteiger partial charge in [0.2, 0.25) is 5.91 Å². The fourth-order valence-electron chi connectivity index (χ4n) is 5.14. The van der Waals surface area contributed by atoms with Gasteiger partial charge in [0.25, 0.3) is 5.91 Å². The number of halogens is 3. The molecule has 2 aromatic rings. The number of amides is 4. The molecule has 0 saturated carbocycles. The smallest absolute Gasteiger partial charge is 0.416 e. The summed E-state index contributed by atoms with van der Waals surface area (Å²) in [5.41, 5.74) is 0.00334. The van der Waals surface area contributed by atoms with Crippen molar-refractivity contribution in [3.8, 4) is 5.75 Å². The average Bonchev–Trinajstić information content (AvgIpc) is 3.01. The maximum Gasteiger partial charge on any atom is 0.416 e. The summed E-state index contributed by atoms with van der Waals surface area (Å²) >= 11 is 0. The molecule has 3 N–H and O–H groups in total. The zero-order valence-electron chi connectivity index (χ0n) is 25.6. The largest absolute Gasteiger partial charge is 0.487 e. The summed E-state index contributed by atoms with van der Waals surface area (Å²) in [6.45, 7) is 7.01. The fourth-order valence-corrected chi connectivity index (χ4v) is 5.14. The number of carbonyl (C=O) groups is 3. The van der Waals surface area contributed by atoms with Crippen molar-refractivity contribution in [1.82, 2.24) is 14.7 Å². The highest BCUT2D eigenvalue weighted by molar-refractivity contribution is 6.00. The summed E-state index contributed by atoms with van der Waals surface area (Å²) in [6.07, 6.45) is -4.81. The number of nitrogens with zero attached hydrogens (tertiary/aromatic N) is 3. The second-order valence-electron chi connectivity index (χ2n) is 11.5. The minimum atomic E-state index is -4.49. The SMILES string of the molecule is C[C@H](CO)N1C[C@H](C)[C@H](CN(C)C(=O)Nc2ccc(C(F)(F)F)cc2)Oc2ccc(NC(=O)CCN3CCOCC3)cc2C1=O. The fraction of sp³-hybridized carbons (Fsp3) is 0.516. The zero-order valence-corrected chi connectivity index (χ0v) is 25.6. The molecule has 0 radical (unpaired) electrons. The number of aliphatic hydroxyl groups excluding tert-OH is 1. The van der Waals surface area contributed by atoms with Crippen molar-refractivity contribution in [3.63, 3.8) is 0 Å². The van der Waals surface area contributed by atoms with Crippen LogP contribution in [0.1, 0.15) is 36.2 Å². The monoisotopic (exact) mass is 635 g/mol. The van der Waals surface area contributed by atoms with Crippen molar-refractivity contribution >= 4 is 29.2 Å². The predicted molar refractivity (Wildman–Crippen MR) is 161 cm³/mol. The highest BCUT2D eigenvalue weighted by Crippen LogP contribution is 2.32. The number of alkyl halides is 3. The molecule has 0 aliphatic carbocycles. The number of fused-ring (bicyclic) bond motifs is 1. The molecule has 4 rings (SSSR count). The number of anilines is 2. The topological polar surface area (TPSA) is 124 Å². The molecule has 2 aliphatic rings. The lowest BCUT2D eigenvalue weighted by Crippen LogP contribution is -2.50. The molecule has 0 aromatic heterocycles. The Bertz CT molecular complexity index is 1340. The van der Waals surface area contributed by atoms with Crippen molar-refractivity contribution in [2.45, 2.75) is 38.6 Å². The molecule has 1 fully saturated rings. The normalized spacial score (nSPS) is 19.9. The van der Waals surface area contributed by atoms with Gasteiger partial charge in [0, 0.05) is 56.9 Å². The Balaban J connectivity index is 1.48. The maximum absolute atomic E-state index is 13.7. The van der Waals surface area contributed by atoms with E-state index >= 15 is 0 Å². The average molecular weight is 636 g/mol. The third-order valence-corrected chi connectivity index (χ3v) is 7.97. The molecule has 14 heteroatoms. The van der Waals surface area contributed by atoms with Gasteiger partial charge >= 0.3 is 12.2 Å². The van der Waals surface area contributed by atoms with Crippen LogP contribution in [0.4, 0.5) is 29.3 Å². The van der Waals surface area contributed by atoms with Gasteiger partial charge in [-0.2, -0.15) is 13.2 Å². The first kappa shape index (κ1) is 34.0. The quantitative estimate of drug-likeness (QED) is 0.384. The Morgan fingerprint density at radius 3 is 2.40 bits per heavy atom. The molecule has 2 heterocycles. The molecule has 11 nitrogen and oxygen atoms in total. The van der Waals surface area contributed by atoms with Crippen LogP contribution in [0.25, 0.3) is 0 Å². The number of likely N-dealkylation sites (N-methyl/N-ethyl adjacent to an activating group) is 1. The van der Waals surface area contributed by atoms with Crippen LogP contribution in [0.15, 0.2) is 42.5 Å². The van der Waals surface area contributed by atoms with E-state index in [0.717, 1.165) is 25.2 Å². The van der Waals surface area contributed by atoms with Crippen LogP contribution in [0.5, 0.6) is 5.75 Å². The summed E-state index contributed by atoms with van der Waals surface area (Å²) < 4.78 is 50.4. The summed E-state index contributed by atoms with van der Waals surface area (Å²) in [7, 11) is 1.53. The van der Waals surface area contributed by atoms with E-state index in [0.29, 0.717) is 25.4 Å². The molecule has 4 amide bonds. The third kappa shape index (κ3) is 9.08. The molecular formula is C31H40F3N5O6. The summed E-state index contributed by atoms with van der Waals surface area (Å²) in [5, 5.41) is 15.4. The Morgan fingerprint density at radius 2 is 1.76 bits per heavy atom. The van der Waals surface area contributed by atoms with Crippen LogP contribution in [-0.4, -0.2) is 109 Å². The molecule has 0 unspecified atom stereocenters. The van der Waals surface area contributed by atoms with Crippen molar-refractivity contribution in [3.05, 3.63) is 53.6 Å². The summed E-state index contributed by atoms with van der Waals surface area (Å²) in [6, 6.07) is 7.86. The molecule has 45 heavy (non-hydrogen) atoms. The van der Waals surface area contributed by atoms with E-state index in [1.54, 1.807) is 30.0 Å². The molecular weight excluding hydrogens is 595 g/mol. The van der Waals surface area contributed by atoms with Gasteiger partial charge in [0.05, 0.1) is 43.5 Å². The van der Waals surface area contributed by atoms with Gasteiger partial charge in [0.1, 0.15) is 11.9 Å². The van der Waals surface area contributed by atoms with E-state index in [2.05, 4.69) is 15.5 Å². The first-order valence-electron chi connectivity index (χ1n) is 14.9. The van der Waals surface area contributed by atoms with Gasteiger partial charge in [-0.1, -0.05) is 6.92 Å². The minimum Gasteiger partial charge on any atom is -0.487 e. The van der Waals surface area contributed by atoms with E-state index in [1.165, 1.54) is 24.1 Å². The van der Waals surface area contributed by atoms with E-state index in [4.69, 9.17) is 9.47 Å². The van der Waals surface area contributed by atoms with E-state index in [-0.39, 0.29) is 60.8 Å². The number of nitrogens with one attached hydrogen (secondary N) is 2. The molecule has 0 bridgehead atoms. The number of hydrogen-bond donors (Lipinski definition) is 3. The lowest BCUT2D eigenvalue weighted by atomic mass is 9.99. The molecule has 1 saturated heterocycles. The number of benzene rings is 2.